The van der Waals surface area contributed by atoms with Crippen LogP contribution in [0.25, 0.3) is 43.6 Å². The van der Waals surface area contributed by atoms with Gasteiger partial charge < -0.3 is 49.7 Å². The molecule has 0 saturated carbocycles. The molecule has 0 unspecified atom stereocenters. The summed E-state index contributed by atoms with van der Waals surface area (Å²) in [5, 5.41) is 67.8. The van der Waals surface area contributed by atoms with Crippen LogP contribution < -0.4 is 0 Å². The summed E-state index contributed by atoms with van der Waals surface area (Å²) >= 11 is 0. The van der Waals surface area contributed by atoms with E-state index in [2.05, 4.69) is 4.98 Å². The maximum Gasteiger partial charge on any atom is 0.277 e. The van der Waals surface area contributed by atoms with Crippen LogP contribution in [-0.2, 0) is 9.47 Å². The van der Waals surface area contributed by atoms with Crippen LogP contribution in [0.2, 0.25) is 0 Å². The average molecular weight is 605 g/mol. The van der Waals surface area contributed by atoms with Gasteiger partial charge >= 0.3 is 0 Å². The Hall–Kier alpha value is -4.28. The number of carbonyl (C=O) groups excluding carboxylic acids is 2. The van der Waals surface area contributed by atoms with E-state index in [4.69, 9.17) is 9.47 Å². The number of H-pyrrole nitrogens is 1. The van der Waals surface area contributed by atoms with Gasteiger partial charge in [-0.25, -0.2) is 10.0 Å². The number of hydrogen-bond donors (Lipinski definition) is 7. The van der Waals surface area contributed by atoms with Crippen LogP contribution in [0.1, 0.15) is 26.9 Å². The lowest BCUT2D eigenvalue weighted by atomic mass is 9.96. The minimum atomic E-state index is -1.71. The highest BCUT2D eigenvalue weighted by atomic mass is 16.6. The zero-order valence-corrected chi connectivity index (χ0v) is 23.0. The van der Waals surface area contributed by atoms with Crippen molar-refractivity contribution < 1.29 is 49.7 Å². The number of phenolic OH excluding ortho intramolecular Hbond substituents is 2. The van der Waals surface area contributed by atoms with Gasteiger partial charge in [-0.2, -0.15) is 0 Å². The Bertz CT molecular complexity index is 2030. The minimum absolute atomic E-state index is 0.0336. The van der Waals surface area contributed by atoms with Gasteiger partial charge in [0.15, 0.2) is 6.23 Å². The van der Waals surface area contributed by atoms with E-state index in [1.54, 1.807) is 17.1 Å². The van der Waals surface area contributed by atoms with Crippen molar-refractivity contribution in [2.45, 2.75) is 30.6 Å². The number of phenols is 2. The number of fused-ring (bicyclic) bond motifs is 10. The fourth-order valence-corrected chi connectivity index (χ4v) is 6.97. The molecule has 8 rings (SSSR count). The summed E-state index contributed by atoms with van der Waals surface area (Å²) in [6.45, 7) is 0.641. The predicted molar refractivity (Wildman–Crippen MR) is 154 cm³/mol. The van der Waals surface area contributed by atoms with Crippen molar-refractivity contribution >= 4 is 55.4 Å². The highest BCUT2D eigenvalue weighted by molar-refractivity contribution is 6.39. The molecule has 2 fully saturated rings. The van der Waals surface area contributed by atoms with Crippen LogP contribution >= 0.6 is 0 Å². The van der Waals surface area contributed by atoms with E-state index in [0.717, 1.165) is 5.01 Å². The summed E-state index contributed by atoms with van der Waals surface area (Å²) < 4.78 is 12.9. The number of aliphatic hydroxyl groups is 4. The number of nitrogens with zero attached hydrogens (tertiary/aromatic N) is 3. The van der Waals surface area contributed by atoms with Crippen molar-refractivity contribution in [3.63, 3.8) is 0 Å². The van der Waals surface area contributed by atoms with Gasteiger partial charge in [-0.15, -0.1) is 0 Å². The Labute approximate surface area is 247 Å². The lowest BCUT2D eigenvalue weighted by Crippen LogP contribution is -2.56. The molecule has 3 aliphatic rings. The highest BCUT2D eigenvalue weighted by Crippen LogP contribution is 2.48. The van der Waals surface area contributed by atoms with E-state index in [0.29, 0.717) is 69.9 Å². The largest absolute Gasteiger partial charge is 0.508 e. The number of amides is 2. The molecule has 2 amide bonds. The van der Waals surface area contributed by atoms with Crippen LogP contribution in [0, 0.1) is 0 Å². The average Bonchev–Trinajstić information content (AvgIpc) is 3.63. The fraction of sp³-hybridized carbons (Fsp3) is 0.333. The Morgan fingerprint density at radius 3 is 2.20 bits per heavy atom. The molecule has 5 heterocycles. The van der Waals surface area contributed by atoms with Crippen LogP contribution in [0.5, 0.6) is 11.5 Å². The lowest BCUT2D eigenvalue weighted by Gasteiger charge is -2.41. The smallest absolute Gasteiger partial charge is 0.277 e. The summed E-state index contributed by atoms with van der Waals surface area (Å²) in [4.78, 5) is 31.9. The Morgan fingerprint density at radius 2 is 1.50 bits per heavy atom. The first kappa shape index (κ1) is 27.3. The first-order chi connectivity index (χ1) is 21.2. The summed E-state index contributed by atoms with van der Waals surface area (Å²) in [5.74, 6) is -1.26. The van der Waals surface area contributed by atoms with Gasteiger partial charge in [0, 0.05) is 46.8 Å². The normalized spacial score (nSPS) is 26.5. The van der Waals surface area contributed by atoms with Gasteiger partial charge in [-0.05, 0) is 24.3 Å². The second-order valence-corrected chi connectivity index (χ2v) is 11.4. The van der Waals surface area contributed by atoms with Gasteiger partial charge in [0.1, 0.15) is 35.9 Å². The maximum atomic E-state index is 14.4. The molecule has 228 valence electrons. The topological polar surface area (TPSA) is 201 Å². The number of ether oxygens (including phenoxy) is 2. The summed E-state index contributed by atoms with van der Waals surface area (Å²) in [5.41, 5.74) is 1.71. The molecule has 7 N–H and O–H groups in total. The number of aliphatic hydroxyl groups excluding tert-OH is 4. The number of nitrogens with one attached hydrogen (secondary N) is 1. The maximum absolute atomic E-state index is 14.4. The molecule has 0 spiro atoms. The second kappa shape index (κ2) is 9.61. The van der Waals surface area contributed by atoms with Crippen molar-refractivity contribution in [3.05, 3.63) is 47.5 Å². The third-order valence-corrected chi connectivity index (χ3v) is 8.96. The van der Waals surface area contributed by atoms with Crippen LogP contribution in [-0.4, -0.2) is 119 Å². The predicted octanol–water partition coefficient (Wildman–Crippen LogP) is 0.656. The third-order valence-electron chi connectivity index (χ3n) is 8.96. The summed E-state index contributed by atoms with van der Waals surface area (Å²) in [6, 6.07) is 9.02. The number of carbonyl (C=O) groups is 2. The summed E-state index contributed by atoms with van der Waals surface area (Å²) in [7, 11) is 0. The molecule has 2 saturated heterocycles. The van der Waals surface area contributed by atoms with Crippen LogP contribution in [0.3, 0.4) is 0 Å². The third kappa shape index (κ3) is 3.55. The van der Waals surface area contributed by atoms with E-state index < -0.39 is 49.1 Å². The minimum Gasteiger partial charge on any atom is -0.508 e. The number of aromatic nitrogens is 2. The standard InChI is InChI=1S/C30H28N4O10/c35-11-18-25(38)26(39)27(40)30(44-18)33-17-10-13(37)2-4-15(17)20-22-21(28(41)34(29(22)42)32-5-7-43-8-6-32)19-14-3-1-12(36)9-16(14)31-23(19)24(20)33/h1-4,9-10,18,25-27,30-31,35-40H,5-8,11H2/t18-,25-,26+,27-,30-/m1/s1. The number of rotatable bonds is 3. The van der Waals surface area contributed by atoms with E-state index >= 15 is 0 Å². The number of aromatic amines is 1. The van der Waals surface area contributed by atoms with E-state index in [-0.39, 0.29) is 22.6 Å². The molecule has 44 heavy (non-hydrogen) atoms. The molecular formula is C30H28N4O10. The van der Waals surface area contributed by atoms with Crippen molar-refractivity contribution in [2.75, 3.05) is 32.9 Å². The molecule has 3 aliphatic heterocycles. The first-order valence-corrected chi connectivity index (χ1v) is 14.2. The molecule has 14 nitrogen and oxygen atoms in total. The van der Waals surface area contributed by atoms with Crippen LogP contribution in [0.15, 0.2) is 36.4 Å². The Morgan fingerprint density at radius 1 is 0.841 bits per heavy atom. The SMILES string of the molecule is O=C1c2c(c3c4ccc(O)cc4n([C@@H]4O[C@H](CO)[C@@H](O)[C@H](O)[C@H]4O)c3c3[nH]c4cc(O)ccc4c23)C(=O)N1N1CCOCC1. The molecule has 0 bridgehead atoms. The monoisotopic (exact) mass is 604 g/mol. The van der Waals surface area contributed by atoms with Crippen LogP contribution in [0.4, 0.5) is 0 Å². The molecule has 5 aromatic rings. The first-order valence-electron chi connectivity index (χ1n) is 14.2. The van der Waals surface area contributed by atoms with Crippen molar-refractivity contribution in [1.82, 2.24) is 19.6 Å². The zero-order chi connectivity index (χ0) is 30.6. The second-order valence-electron chi connectivity index (χ2n) is 11.4. The van der Waals surface area contributed by atoms with Gasteiger partial charge in [-0.3, -0.25) is 9.59 Å². The van der Waals surface area contributed by atoms with Gasteiger partial charge in [-0.1, -0.05) is 0 Å². The number of hydrogen-bond acceptors (Lipinski definition) is 11. The highest BCUT2D eigenvalue weighted by Gasteiger charge is 2.48. The molecular weight excluding hydrogens is 576 g/mol. The number of benzene rings is 3. The van der Waals surface area contributed by atoms with Crippen molar-refractivity contribution in [3.8, 4) is 11.5 Å². The van der Waals surface area contributed by atoms with Gasteiger partial charge in [0.25, 0.3) is 11.8 Å². The van der Waals surface area contributed by atoms with Crippen molar-refractivity contribution in [1.29, 1.82) is 0 Å². The van der Waals surface area contributed by atoms with E-state index in [1.807, 2.05) is 0 Å². The zero-order valence-electron chi connectivity index (χ0n) is 23.0. The van der Waals surface area contributed by atoms with Gasteiger partial charge in [0.2, 0.25) is 0 Å². The number of imide groups is 1. The molecule has 3 aromatic carbocycles. The molecule has 0 radical (unpaired) electrons. The number of hydrazine groups is 1. The molecule has 2 aromatic heterocycles. The molecule has 14 heteroatoms. The quantitative estimate of drug-likeness (QED) is 0.143. The Kier molecular flexibility index (Phi) is 5.96. The lowest BCUT2D eigenvalue weighted by molar-refractivity contribution is -0.249. The van der Waals surface area contributed by atoms with E-state index in [1.165, 1.54) is 28.8 Å². The molecule has 0 aliphatic carbocycles. The van der Waals surface area contributed by atoms with E-state index in [9.17, 15) is 40.2 Å². The number of morpholine rings is 1. The fourth-order valence-electron chi connectivity index (χ4n) is 6.97. The van der Waals surface area contributed by atoms with Crippen molar-refractivity contribution in [2.24, 2.45) is 0 Å². The Balaban J connectivity index is 1.53. The van der Waals surface area contributed by atoms with Gasteiger partial charge in [0.05, 0.1) is 53.0 Å². The summed E-state index contributed by atoms with van der Waals surface area (Å²) in [6.07, 6.45) is -7.67. The number of aromatic hydroxyl groups is 2. The molecule has 5 atom stereocenters.